The summed E-state index contributed by atoms with van der Waals surface area (Å²) in [6, 6.07) is 8.96. The lowest BCUT2D eigenvalue weighted by atomic mass is 10.1. The molecule has 0 aliphatic heterocycles. The first kappa shape index (κ1) is 18.8. The number of nitrogens with two attached hydrogens (primary N) is 1. The van der Waals surface area contributed by atoms with Crippen molar-refractivity contribution in [1.29, 1.82) is 0 Å². The second-order valence-electron chi connectivity index (χ2n) is 5.37. The van der Waals surface area contributed by atoms with E-state index in [1.807, 2.05) is 0 Å². The molecule has 2 aromatic rings. The Kier molecular flexibility index (Phi) is 5.34. The number of hydrogen-bond donors (Lipinski definition) is 3. The fraction of sp³-hybridized carbons (Fsp3) is 0.125. The summed E-state index contributed by atoms with van der Waals surface area (Å²) in [6.07, 6.45) is 1.01. The Morgan fingerprint density at radius 3 is 2.36 bits per heavy atom. The minimum Gasteiger partial charge on any atom is -0.366 e. The summed E-state index contributed by atoms with van der Waals surface area (Å²) in [5, 5.41) is 2.74. The van der Waals surface area contributed by atoms with E-state index in [1.54, 1.807) is 25.1 Å². The molecule has 132 valence electrons. The van der Waals surface area contributed by atoms with Crippen LogP contribution < -0.4 is 15.8 Å². The van der Waals surface area contributed by atoms with Crippen molar-refractivity contribution in [1.82, 2.24) is 0 Å². The van der Waals surface area contributed by atoms with Gasteiger partial charge in [-0.05, 0) is 42.8 Å². The van der Waals surface area contributed by atoms with Crippen LogP contribution in [0.2, 0.25) is 5.02 Å². The average molecular weight is 382 g/mol. The van der Waals surface area contributed by atoms with E-state index in [4.69, 9.17) is 17.3 Å². The quantitative estimate of drug-likeness (QED) is 0.736. The lowest BCUT2D eigenvalue weighted by Crippen LogP contribution is -2.17. The highest BCUT2D eigenvalue weighted by atomic mass is 35.5. The number of benzene rings is 2. The van der Waals surface area contributed by atoms with Crippen LogP contribution in [0.5, 0.6) is 0 Å². The van der Waals surface area contributed by atoms with E-state index in [9.17, 15) is 18.0 Å². The topological polar surface area (TPSA) is 118 Å². The minimum absolute atomic E-state index is 0.0786. The number of sulfonamides is 1. The van der Waals surface area contributed by atoms with Gasteiger partial charge in [-0.25, -0.2) is 8.42 Å². The van der Waals surface area contributed by atoms with Crippen molar-refractivity contribution < 1.29 is 18.0 Å². The Bertz CT molecular complexity index is 958. The van der Waals surface area contributed by atoms with Crippen LogP contribution in [-0.2, 0) is 10.0 Å². The van der Waals surface area contributed by atoms with Gasteiger partial charge in [0.25, 0.3) is 5.91 Å². The monoisotopic (exact) mass is 381 g/mol. The zero-order chi connectivity index (χ0) is 18.8. The molecule has 0 radical (unpaired) electrons. The van der Waals surface area contributed by atoms with Crippen LogP contribution in [-0.4, -0.2) is 26.5 Å². The largest absolute Gasteiger partial charge is 0.366 e. The molecule has 0 unspecified atom stereocenters. The fourth-order valence-electron chi connectivity index (χ4n) is 2.20. The summed E-state index contributed by atoms with van der Waals surface area (Å²) in [4.78, 5) is 23.8. The van der Waals surface area contributed by atoms with Crippen LogP contribution in [0.4, 0.5) is 11.4 Å². The van der Waals surface area contributed by atoms with Gasteiger partial charge in [0.05, 0.1) is 16.8 Å². The lowest BCUT2D eigenvalue weighted by molar-refractivity contribution is 0.0995. The molecular formula is C16H16ClN3O4S. The first-order valence-electron chi connectivity index (χ1n) is 7.06. The molecule has 0 spiro atoms. The van der Waals surface area contributed by atoms with E-state index in [2.05, 4.69) is 10.0 Å². The zero-order valence-corrected chi connectivity index (χ0v) is 15.0. The molecule has 0 aliphatic rings. The smallest absolute Gasteiger partial charge is 0.257 e. The molecule has 25 heavy (non-hydrogen) atoms. The zero-order valence-electron chi connectivity index (χ0n) is 13.5. The molecule has 0 heterocycles. The van der Waals surface area contributed by atoms with Crippen LogP contribution in [0.25, 0.3) is 0 Å². The van der Waals surface area contributed by atoms with Crippen molar-refractivity contribution in [3.8, 4) is 0 Å². The van der Waals surface area contributed by atoms with Crippen molar-refractivity contribution in [2.75, 3.05) is 16.3 Å². The molecule has 2 amide bonds. The number of primary amides is 1. The molecule has 0 saturated heterocycles. The number of halogens is 1. The van der Waals surface area contributed by atoms with Crippen molar-refractivity contribution in [2.24, 2.45) is 5.73 Å². The van der Waals surface area contributed by atoms with Gasteiger partial charge in [-0.15, -0.1) is 0 Å². The maximum absolute atomic E-state index is 12.4. The highest BCUT2D eigenvalue weighted by molar-refractivity contribution is 7.92. The SMILES string of the molecule is Cc1c(NC(=O)c2ccc(NS(C)(=O)=O)cc2Cl)cccc1C(N)=O. The normalized spacial score (nSPS) is 11.0. The third kappa shape index (κ3) is 4.71. The number of hydrogen-bond acceptors (Lipinski definition) is 4. The number of rotatable bonds is 5. The molecule has 2 rings (SSSR count). The first-order chi connectivity index (χ1) is 11.6. The summed E-state index contributed by atoms with van der Waals surface area (Å²) in [5.74, 6) is -1.09. The molecule has 0 saturated carbocycles. The highest BCUT2D eigenvalue weighted by Gasteiger charge is 2.15. The molecular weight excluding hydrogens is 366 g/mol. The summed E-state index contributed by atoms with van der Waals surface area (Å²) in [7, 11) is -3.45. The van der Waals surface area contributed by atoms with Gasteiger partial charge in [-0.1, -0.05) is 17.7 Å². The van der Waals surface area contributed by atoms with E-state index in [0.717, 1.165) is 6.26 Å². The van der Waals surface area contributed by atoms with Crippen molar-refractivity contribution in [3.63, 3.8) is 0 Å². The van der Waals surface area contributed by atoms with Crippen LogP contribution in [0.3, 0.4) is 0 Å². The van der Waals surface area contributed by atoms with E-state index in [1.165, 1.54) is 18.2 Å². The standard InChI is InChI=1S/C16H16ClN3O4S/c1-9-11(15(18)21)4-3-5-14(9)19-16(22)12-7-6-10(8-13(12)17)20-25(2,23)24/h3-8,20H,1-2H3,(H2,18,21)(H,19,22). The second kappa shape index (κ2) is 7.12. The third-order valence-electron chi connectivity index (χ3n) is 3.36. The van der Waals surface area contributed by atoms with Gasteiger partial charge in [0.15, 0.2) is 0 Å². The minimum atomic E-state index is -3.45. The second-order valence-corrected chi connectivity index (χ2v) is 7.52. The molecule has 0 bridgehead atoms. The van der Waals surface area contributed by atoms with Gasteiger partial charge in [0.2, 0.25) is 15.9 Å². The van der Waals surface area contributed by atoms with E-state index >= 15 is 0 Å². The van der Waals surface area contributed by atoms with Crippen molar-refractivity contribution in [2.45, 2.75) is 6.92 Å². The predicted octanol–water partition coefficient (Wildman–Crippen LogP) is 2.37. The van der Waals surface area contributed by atoms with Crippen molar-refractivity contribution >= 4 is 44.8 Å². The maximum atomic E-state index is 12.4. The van der Waals surface area contributed by atoms with Gasteiger partial charge in [0, 0.05) is 16.9 Å². The van der Waals surface area contributed by atoms with Crippen LogP contribution in [0.1, 0.15) is 26.3 Å². The average Bonchev–Trinajstić information content (AvgIpc) is 2.47. The van der Waals surface area contributed by atoms with Crippen molar-refractivity contribution in [3.05, 3.63) is 58.1 Å². The van der Waals surface area contributed by atoms with E-state index in [0.29, 0.717) is 16.8 Å². The molecule has 0 atom stereocenters. The molecule has 2 aromatic carbocycles. The Labute approximate surface area is 150 Å². The summed E-state index contributed by atoms with van der Waals surface area (Å²) in [6.45, 7) is 1.66. The molecule has 7 nitrogen and oxygen atoms in total. The summed E-state index contributed by atoms with van der Waals surface area (Å²) < 4.78 is 24.7. The number of nitrogens with one attached hydrogen (secondary N) is 2. The Morgan fingerprint density at radius 2 is 1.80 bits per heavy atom. The lowest BCUT2D eigenvalue weighted by Gasteiger charge is -2.12. The highest BCUT2D eigenvalue weighted by Crippen LogP contribution is 2.24. The van der Waals surface area contributed by atoms with Gasteiger partial charge in [-0.3, -0.25) is 14.3 Å². The van der Waals surface area contributed by atoms with Crippen LogP contribution >= 0.6 is 11.6 Å². The summed E-state index contributed by atoms with van der Waals surface area (Å²) >= 11 is 6.07. The number of anilines is 2. The Morgan fingerprint density at radius 1 is 1.12 bits per heavy atom. The van der Waals surface area contributed by atoms with Gasteiger partial charge in [-0.2, -0.15) is 0 Å². The van der Waals surface area contributed by atoms with Crippen LogP contribution in [0.15, 0.2) is 36.4 Å². The molecule has 0 aromatic heterocycles. The van der Waals surface area contributed by atoms with E-state index in [-0.39, 0.29) is 16.3 Å². The molecule has 0 fully saturated rings. The molecule has 0 aliphatic carbocycles. The third-order valence-corrected chi connectivity index (χ3v) is 4.28. The predicted molar refractivity (Wildman–Crippen MR) is 97.6 cm³/mol. The van der Waals surface area contributed by atoms with Gasteiger partial charge in [0.1, 0.15) is 0 Å². The Balaban J connectivity index is 2.28. The number of amides is 2. The maximum Gasteiger partial charge on any atom is 0.257 e. The molecule has 9 heteroatoms. The van der Waals surface area contributed by atoms with Crippen LogP contribution in [0, 0.1) is 6.92 Å². The first-order valence-corrected chi connectivity index (χ1v) is 9.33. The number of carbonyl (C=O) groups excluding carboxylic acids is 2. The van der Waals surface area contributed by atoms with Gasteiger partial charge >= 0.3 is 0 Å². The summed E-state index contributed by atoms with van der Waals surface area (Å²) in [5.41, 5.74) is 6.96. The number of carbonyl (C=O) groups is 2. The Hall–Kier alpha value is -2.58. The van der Waals surface area contributed by atoms with Gasteiger partial charge < -0.3 is 11.1 Å². The fourth-order valence-corrected chi connectivity index (χ4v) is 3.03. The van der Waals surface area contributed by atoms with E-state index < -0.39 is 21.8 Å². The molecule has 4 N–H and O–H groups in total.